The van der Waals surface area contributed by atoms with Crippen molar-refractivity contribution in [3.05, 3.63) is 267 Å². The van der Waals surface area contributed by atoms with Crippen molar-refractivity contribution in [3.63, 3.8) is 0 Å². The van der Waals surface area contributed by atoms with Crippen molar-refractivity contribution in [3.8, 4) is 90.3 Å². The number of fused-ring (bicyclic) bond motifs is 6. The van der Waals surface area contributed by atoms with Crippen LogP contribution in [-0.4, -0.2) is 29.1 Å². The van der Waals surface area contributed by atoms with Crippen molar-refractivity contribution in [1.29, 1.82) is 0 Å². The fourth-order valence-electron chi connectivity index (χ4n) is 10.6. The van der Waals surface area contributed by atoms with E-state index in [2.05, 4.69) is 240 Å². The number of para-hydroxylation sites is 4. The van der Waals surface area contributed by atoms with Gasteiger partial charge in [0.1, 0.15) is 11.6 Å². The molecular weight excluding hydrogens is 901 g/mol. The van der Waals surface area contributed by atoms with Crippen molar-refractivity contribution in [2.45, 2.75) is 0 Å². The van der Waals surface area contributed by atoms with Crippen molar-refractivity contribution in [1.82, 2.24) is 29.1 Å². The summed E-state index contributed by atoms with van der Waals surface area (Å²) in [5.41, 5.74) is 17.8. The lowest BCUT2D eigenvalue weighted by Gasteiger charge is -2.14. The van der Waals surface area contributed by atoms with Crippen LogP contribution >= 0.6 is 0 Å². The Morgan fingerprint density at radius 3 is 0.797 bits per heavy atom. The maximum absolute atomic E-state index is 5.44. The van der Waals surface area contributed by atoms with E-state index in [0.29, 0.717) is 0 Å². The minimum Gasteiger partial charge on any atom is -0.294 e. The zero-order valence-electron chi connectivity index (χ0n) is 40.1. The number of pyridine rings is 4. The maximum atomic E-state index is 5.44. The normalized spacial score (nSPS) is 11.5. The van der Waals surface area contributed by atoms with E-state index in [1.807, 2.05) is 36.4 Å². The Morgan fingerprint density at radius 2 is 0.459 bits per heavy atom. The number of hydrogen-bond donors (Lipinski definition) is 0. The van der Waals surface area contributed by atoms with Gasteiger partial charge < -0.3 is 0 Å². The van der Waals surface area contributed by atoms with Crippen LogP contribution in [0.4, 0.5) is 0 Å². The zero-order chi connectivity index (χ0) is 49.0. The van der Waals surface area contributed by atoms with Gasteiger partial charge in [-0.3, -0.25) is 9.13 Å². The third kappa shape index (κ3) is 7.61. The molecule has 0 radical (unpaired) electrons. The van der Waals surface area contributed by atoms with Crippen LogP contribution in [-0.2, 0) is 0 Å². The number of nitrogens with zero attached hydrogens (tertiary/aromatic N) is 6. The van der Waals surface area contributed by atoms with Crippen molar-refractivity contribution >= 4 is 43.6 Å². The van der Waals surface area contributed by atoms with E-state index in [4.69, 9.17) is 19.9 Å². The molecule has 0 amide bonds. The van der Waals surface area contributed by atoms with Gasteiger partial charge in [0.15, 0.2) is 0 Å². The highest BCUT2D eigenvalue weighted by atomic mass is 15.1. The summed E-state index contributed by atoms with van der Waals surface area (Å²) in [6.07, 6.45) is 0. The molecule has 0 bridgehead atoms. The van der Waals surface area contributed by atoms with Crippen LogP contribution in [0.25, 0.3) is 134 Å². The molecular formula is C68H44N6. The molecule has 14 aromatic rings. The second-order valence-electron chi connectivity index (χ2n) is 18.6. The van der Waals surface area contributed by atoms with Crippen LogP contribution in [0.1, 0.15) is 0 Å². The molecule has 8 aromatic carbocycles. The van der Waals surface area contributed by atoms with Gasteiger partial charge in [0, 0.05) is 21.5 Å². The highest BCUT2D eigenvalue weighted by Crippen LogP contribution is 2.38. The van der Waals surface area contributed by atoms with E-state index in [0.717, 1.165) is 101 Å². The van der Waals surface area contributed by atoms with E-state index in [1.54, 1.807) is 0 Å². The van der Waals surface area contributed by atoms with Crippen LogP contribution in [0.3, 0.4) is 0 Å². The third-order valence-electron chi connectivity index (χ3n) is 14.2. The number of hydrogen-bond acceptors (Lipinski definition) is 4. The molecule has 0 saturated carbocycles. The highest BCUT2D eigenvalue weighted by Gasteiger charge is 2.19. The lowest BCUT2D eigenvalue weighted by Crippen LogP contribution is -2.02. The van der Waals surface area contributed by atoms with Gasteiger partial charge in [-0.15, -0.1) is 0 Å². The minimum absolute atomic E-state index is 0.734. The molecule has 6 heterocycles. The molecule has 0 aliphatic rings. The van der Waals surface area contributed by atoms with Gasteiger partial charge in [-0.05, 0) is 117 Å². The lowest BCUT2D eigenvalue weighted by atomic mass is 10.00. The van der Waals surface area contributed by atoms with Gasteiger partial charge in [-0.2, -0.15) is 0 Å². The summed E-state index contributed by atoms with van der Waals surface area (Å²) in [4.78, 5) is 21.6. The minimum atomic E-state index is 0.734. The second kappa shape index (κ2) is 18.0. The smallest absolute Gasteiger partial charge is 0.138 e. The Morgan fingerprint density at radius 1 is 0.189 bits per heavy atom. The highest BCUT2D eigenvalue weighted by molar-refractivity contribution is 6.10. The SMILES string of the molecule is c1ccc(-c2ccc(-c3cc(-c4cccc(-c5cccc(-c6cc(-c7ccc(-c8ccccc8)cc7)cc(-n7c8ccccc8c8ccccc87)n6)n5)n4)nc(-n4c5ccccc5c5ccccc54)c3)cc2)cc1. The molecule has 0 atom stereocenters. The third-order valence-corrected chi connectivity index (χ3v) is 14.2. The molecule has 0 saturated heterocycles. The Bertz CT molecular complexity index is 4010. The Balaban J connectivity index is 0.895. The molecule has 0 aliphatic heterocycles. The summed E-state index contributed by atoms with van der Waals surface area (Å²) in [5, 5.41) is 4.72. The van der Waals surface area contributed by atoms with Gasteiger partial charge >= 0.3 is 0 Å². The largest absolute Gasteiger partial charge is 0.294 e. The van der Waals surface area contributed by atoms with E-state index in [-0.39, 0.29) is 0 Å². The van der Waals surface area contributed by atoms with Gasteiger partial charge in [0.05, 0.1) is 56.2 Å². The summed E-state index contributed by atoms with van der Waals surface area (Å²) >= 11 is 0. The second-order valence-corrected chi connectivity index (χ2v) is 18.6. The molecule has 0 aliphatic carbocycles. The number of benzene rings is 8. The van der Waals surface area contributed by atoms with E-state index >= 15 is 0 Å². The van der Waals surface area contributed by atoms with E-state index < -0.39 is 0 Å². The molecule has 6 nitrogen and oxygen atoms in total. The summed E-state index contributed by atoms with van der Waals surface area (Å²) in [6.45, 7) is 0. The zero-order valence-corrected chi connectivity index (χ0v) is 40.1. The molecule has 0 spiro atoms. The molecule has 0 fully saturated rings. The van der Waals surface area contributed by atoms with Crippen molar-refractivity contribution in [2.75, 3.05) is 0 Å². The first-order valence-corrected chi connectivity index (χ1v) is 25.0. The average Bonchev–Trinajstić information content (AvgIpc) is 4.01. The van der Waals surface area contributed by atoms with Gasteiger partial charge in [-0.1, -0.05) is 194 Å². The van der Waals surface area contributed by atoms with Crippen LogP contribution < -0.4 is 0 Å². The predicted molar refractivity (Wildman–Crippen MR) is 304 cm³/mol. The number of aromatic nitrogens is 6. The van der Waals surface area contributed by atoms with Crippen LogP contribution in [0, 0.1) is 0 Å². The van der Waals surface area contributed by atoms with Crippen molar-refractivity contribution < 1.29 is 0 Å². The first-order chi connectivity index (χ1) is 36.7. The van der Waals surface area contributed by atoms with Crippen molar-refractivity contribution in [2.24, 2.45) is 0 Å². The molecule has 6 aromatic heterocycles. The fraction of sp³-hybridized carbons (Fsp3) is 0. The molecule has 6 heteroatoms. The Hall–Kier alpha value is -10.0. The van der Waals surface area contributed by atoms with Gasteiger partial charge in [0.2, 0.25) is 0 Å². The van der Waals surface area contributed by atoms with Crippen LogP contribution in [0.5, 0.6) is 0 Å². The predicted octanol–water partition coefficient (Wildman–Crippen LogP) is 17.1. The fourth-order valence-corrected chi connectivity index (χ4v) is 10.6. The average molecular weight is 945 g/mol. The summed E-state index contributed by atoms with van der Waals surface area (Å²) < 4.78 is 4.55. The van der Waals surface area contributed by atoms with Crippen LogP contribution in [0.15, 0.2) is 267 Å². The quantitative estimate of drug-likeness (QED) is 0.145. The molecule has 74 heavy (non-hydrogen) atoms. The van der Waals surface area contributed by atoms with Gasteiger partial charge in [-0.25, -0.2) is 19.9 Å². The molecule has 0 unspecified atom stereocenters. The summed E-state index contributed by atoms with van der Waals surface area (Å²) in [5.74, 6) is 1.63. The number of rotatable bonds is 9. The standard InChI is InChI=1S/C68H44N6/c1-3-17-45(18-4-1)47-33-37-49(38-34-47)51-41-61(71-67(43-51)73-63-29-11-7-21-53(63)54-22-8-12-30-64(54)73)59-27-15-25-57(69-59)58-26-16-28-60(70-58)62-42-52(50-39-35-48(36-40-50)46-19-5-2-6-20-46)44-68(72-62)74-65-31-13-9-23-55(65)56-24-10-14-32-66(56)74/h1-44H. The van der Waals surface area contributed by atoms with E-state index in [9.17, 15) is 0 Å². The Kier molecular flexibility index (Phi) is 10.4. The maximum Gasteiger partial charge on any atom is 0.138 e. The molecule has 346 valence electrons. The first-order valence-electron chi connectivity index (χ1n) is 25.0. The summed E-state index contributed by atoms with van der Waals surface area (Å²) in [7, 11) is 0. The van der Waals surface area contributed by atoms with Crippen LogP contribution in [0.2, 0.25) is 0 Å². The van der Waals surface area contributed by atoms with Gasteiger partial charge in [0.25, 0.3) is 0 Å². The lowest BCUT2D eigenvalue weighted by molar-refractivity contribution is 1.07. The molecule has 14 rings (SSSR count). The topological polar surface area (TPSA) is 61.4 Å². The molecule has 0 N–H and O–H groups in total. The monoisotopic (exact) mass is 944 g/mol. The Labute approximate surface area is 427 Å². The summed E-state index contributed by atoms with van der Waals surface area (Å²) in [6, 6.07) is 93.7. The first kappa shape index (κ1) is 42.8. The van der Waals surface area contributed by atoms with E-state index in [1.165, 1.54) is 32.7 Å².